The molecule has 0 amide bonds. The molecule has 3 aromatic rings. The maximum absolute atomic E-state index is 12.5. The van der Waals surface area contributed by atoms with Gasteiger partial charge in [0.1, 0.15) is 12.7 Å². The predicted molar refractivity (Wildman–Crippen MR) is 96.4 cm³/mol. The van der Waals surface area contributed by atoms with Gasteiger partial charge in [-0.1, -0.05) is 28.9 Å². The van der Waals surface area contributed by atoms with E-state index in [9.17, 15) is 14.4 Å². The van der Waals surface area contributed by atoms with E-state index in [0.29, 0.717) is 17.2 Å². The average molecular weight is 390 g/mol. The van der Waals surface area contributed by atoms with E-state index >= 15 is 0 Å². The summed E-state index contributed by atoms with van der Waals surface area (Å²) in [5.74, 6) is -1.08. The second-order valence-corrected chi connectivity index (χ2v) is 6.18. The van der Waals surface area contributed by atoms with Crippen molar-refractivity contribution in [2.45, 2.75) is 26.4 Å². The molecule has 0 spiro atoms. The maximum Gasteiger partial charge on any atom is 0.313 e. The Labute approximate surface area is 158 Å². The molecule has 9 nitrogen and oxygen atoms in total. The second kappa shape index (κ2) is 8.09. The number of nitrogens with zero attached hydrogens (tertiary/aromatic N) is 5. The number of hydrogen-bond acceptors (Lipinski definition) is 7. The third kappa shape index (κ3) is 4.37. The molecule has 0 aliphatic carbocycles. The largest absolute Gasteiger partial charge is 0.466 e. The summed E-state index contributed by atoms with van der Waals surface area (Å²) in [6.45, 7) is 1.92. The third-order valence-electron chi connectivity index (χ3n) is 3.73. The quantitative estimate of drug-likeness (QED) is 0.441. The van der Waals surface area contributed by atoms with Gasteiger partial charge >= 0.3 is 5.97 Å². The summed E-state index contributed by atoms with van der Waals surface area (Å²) in [5.41, 5.74) is 0.779. The summed E-state index contributed by atoms with van der Waals surface area (Å²) < 4.78 is 7.31. The monoisotopic (exact) mass is 389 g/mol. The standard InChI is InChI=1S/C17H16ClN5O4/c1-2-27-14(25)7-13(24)9-22-10-19-16-15(17(22)26)20-21-23(16)8-11-3-5-12(18)6-4-11/h3-6,10H,2,7-9H2,1H3. The fraction of sp³-hybridized carbons (Fsp3) is 0.294. The van der Waals surface area contributed by atoms with Gasteiger partial charge in [-0.25, -0.2) is 9.67 Å². The van der Waals surface area contributed by atoms with Crippen molar-refractivity contribution in [1.82, 2.24) is 24.5 Å². The number of Topliss-reactive ketones (excluding diaryl/α,β-unsaturated/α-hetero) is 1. The number of esters is 1. The van der Waals surface area contributed by atoms with E-state index in [2.05, 4.69) is 15.3 Å². The Morgan fingerprint density at radius 3 is 2.67 bits per heavy atom. The first kappa shape index (κ1) is 18.7. The minimum absolute atomic E-state index is 0.0513. The molecule has 3 rings (SSSR count). The van der Waals surface area contributed by atoms with E-state index in [4.69, 9.17) is 16.3 Å². The Bertz CT molecular complexity index is 1040. The van der Waals surface area contributed by atoms with Gasteiger partial charge in [0, 0.05) is 5.02 Å². The van der Waals surface area contributed by atoms with E-state index in [1.165, 1.54) is 11.0 Å². The van der Waals surface area contributed by atoms with Crippen LogP contribution in [-0.2, 0) is 27.4 Å². The highest BCUT2D eigenvalue weighted by Gasteiger charge is 2.16. The molecule has 27 heavy (non-hydrogen) atoms. The number of aromatic nitrogens is 5. The highest BCUT2D eigenvalue weighted by molar-refractivity contribution is 6.30. The SMILES string of the molecule is CCOC(=O)CC(=O)Cn1cnc2c(nnn2Cc2ccc(Cl)cc2)c1=O. The molecule has 10 heteroatoms. The topological polar surface area (TPSA) is 109 Å². The molecule has 0 aliphatic heterocycles. The van der Waals surface area contributed by atoms with Crippen LogP contribution in [-0.4, -0.2) is 42.9 Å². The highest BCUT2D eigenvalue weighted by Crippen LogP contribution is 2.12. The van der Waals surface area contributed by atoms with Crippen molar-refractivity contribution < 1.29 is 14.3 Å². The minimum atomic E-state index is -0.626. The van der Waals surface area contributed by atoms with E-state index in [1.54, 1.807) is 19.1 Å². The third-order valence-corrected chi connectivity index (χ3v) is 3.98. The predicted octanol–water partition coefficient (Wildman–Crippen LogP) is 1.21. The van der Waals surface area contributed by atoms with Crippen molar-refractivity contribution in [3.63, 3.8) is 0 Å². The molecule has 0 fully saturated rings. The summed E-state index contributed by atoms with van der Waals surface area (Å²) in [6, 6.07) is 7.19. The molecule has 0 bridgehead atoms. The molecule has 2 aromatic heterocycles. The first-order valence-electron chi connectivity index (χ1n) is 8.18. The number of ether oxygens (including phenoxy) is 1. The smallest absolute Gasteiger partial charge is 0.313 e. The van der Waals surface area contributed by atoms with Crippen molar-refractivity contribution in [2.75, 3.05) is 6.61 Å². The van der Waals surface area contributed by atoms with Crippen molar-refractivity contribution in [1.29, 1.82) is 0 Å². The van der Waals surface area contributed by atoms with Gasteiger partial charge in [-0.05, 0) is 24.6 Å². The Morgan fingerprint density at radius 2 is 1.96 bits per heavy atom. The van der Waals surface area contributed by atoms with Gasteiger partial charge in [0.2, 0.25) is 0 Å². The summed E-state index contributed by atoms with van der Waals surface area (Å²) in [7, 11) is 0. The Hall–Kier alpha value is -3.07. The lowest BCUT2D eigenvalue weighted by atomic mass is 10.2. The van der Waals surface area contributed by atoms with Gasteiger partial charge in [0.05, 0.1) is 19.7 Å². The number of rotatable bonds is 7. The fourth-order valence-corrected chi connectivity index (χ4v) is 2.61. The fourth-order valence-electron chi connectivity index (χ4n) is 2.49. The number of hydrogen-bond donors (Lipinski definition) is 0. The number of fused-ring (bicyclic) bond motifs is 1. The summed E-state index contributed by atoms with van der Waals surface area (Å²) in [5, 5.41) is 8.47. The first-order valence-corrected chi connectivity index (χ1v) is 8.56. The van der Waals surface area contributed by atoms with Crippen LogP contribution in [0.5, 0.6) is 0 Å². The first-order chi connectivity index (χ1) is 13.0. The zero-order valence-corrected chi connectivity index (χ0v) is 15.2. The average Bonchev–Trinajstić information content (AvgIpc) is 3.03. The Balaban J connectivity index is 1.80. The van der Waals surface area contributed by atoms with Crippen molar-refractivity contribution >= 4 is 34.5 Å². The molecule has 140 valence electrons. The van der Waals surface area contributed by atoms with Crippen LogP contribution >= 0.6 is 11.6 Å². The number of halogens is 1. The van der Waals surface area contributed by atoms with Gasteiger partial charge in [-0.2, -0.15) is 0 Å². The van der Waals surface area contributed by atoms with Crippen molar-refractivity contribution in [3.05, 3.63) is 51.5 Å². The number of benzene rings is 1. The van der Waals surface area contributed by atoms with Gasteiger partial charge in [-0.15, -0.1) is 5.10 Å². The minimum Gasteiger partial charge on any atom is -0.466 e. The molecular weight excluding hydrogens is 374 g/mol. The molecule has 0 saturated heterocycles. The molecule has 0 saturated carbocycles. The van der Waals surface area contributed by atoms with Crippen LogP contribution in [0, 0.1) is 0 Å². The van der Waals surface area contributed by atoms with Crippen molar-refractivity contribution in [2.24, 2.45) is 0 Å². The molecule has 0 radical (unpaired) electrons. The molecule has 2 heterocycles. The molecule has 0 N–H and O–H groups in total. The van der Waals surface area contributed by atoms with Gasteiger partial charge in [-0.3, -0.25) is 19.0 Å². The van der Waals surface area contributed by atoms with Crippen molar-refractivity contribution in [3.8, 4) is 0 Å². The highest BCUT2D eigenvalue weighted by atomic mass is 35.5. The molecule has 0 unspecified atom stereocenters. The van der Waals surface area contributed by atoms with E-state index in [0.717, 1.165) is 10.1 Å². The van der Waals surface area contributed by atoms with Crippen LogP contribution in [0.1, 0.15) is 18.9 Å². The van der Waals surface area contributed by atoms with E-state index < -0.39 is 23.7 Å². The van der Waals surface area contributed by atoms with Crippen LogP contribution in [0.3, 0.4) is 0 Å². The molecule has 0 atom stereocenters. The summed E-state index contributed by atoms with van der Waals surface area (Å²) >= 11 is 5.87. The second-order valence-electron chi connectivity index (χ2n) is 5.74. The Morgan fingerprint density at radius 1 is 1.22 bits per heavy atom. The van der Waals surface area contributed by atoms with Gasteiger partial charge in [0.25, 0.3) is 5.56 Å². The number of ketones is 1. The lowest BCUT2D eigenvalue weighted by Gasteiger charge is -2.05. The molecule has 1 aromatic carbocycles. The van der Waals surface area contributed by atoms with Gasteiger partial charge in [0.15, 0.2) is 16.9 Å². The Kier molecular flexibility index (Phi) is 5.60. The van der Waals surface area contributed by atoms with E-state index in [-0.39, 0.29) is 18.7 Å². The molecule has 0 aliphatic rings. The van der Waals surface area contributed by atoms with Crippen LogP contribution in [0.15, 0.2) is 35.4 Å². The lowest BCUT2D eigenvalue weighted by Crippen LogP contribution is -2.26. The normalized spacial score (nSPS) is 10.9. The zero-order chi connectivity index (χ0) is 19.4. The number of carbonyl (C=O) groups is 2. The molecular formula is C17H16ClN5O4. The lowest BCUT2D eigenvalue weighted by molar-refractivity contribution is -0.145. The summed E-state index contributed by atoms with van der Waals surface area (Å²) in [4.78, 5) is 40.0. The van der Waals surface area contributed by atoms with Crippen LogP contribution in [0.4, 0.5) is 0 Å². The van der Waals surface area contributed by atoms with Crippen LogP contribution in [0.2, 0.25) is 5.02 Å². The zero-order valence-electron chi connectivity index (χ0n) is 14.5. The number of carbonyl (C=O) groups excluding carboxylic acids is 2. The summed E-state index contributed by atoms with van der Waals surface area (Å²) in [6.07, 6.45) is 0.844. The van der Waals surface area contributed by atoms with Gasteiger partial charge < -0.3 is 4.74 Å². The van der Waals surface area contributed by atoms with Crippen LogP contribution in [0.25, 0.3) is 11.2 Å². The van der Waals surface area contributed by atoms with Crippen LogP contribution < -0.4 is 5.56 Å². The maximum atomic E-state index is 12.5. The van der Waals surface area contributed by atoms with E-state index in [1.807, 2.05) is 12.1 Å².